The third-order valence-corrected chi connectivity index (χ3v) is 5.94. The molecule has 0 unspecified atom stereocenters. The van der Waals surface area contributed by atoms with E-state index in [4.69, 9.17) is 46.4 Å². The van der Waals surface area contributed by atoms with E-state index in [1.807, 2.05) is 12.1 Å². The van der Waals surface area contributed by atoms with Crippen molar-refractivity contribution in [2.24, 2.45) is 0 Å². The Labute approximate surface area is 190 Å². The quantitative estimate of drug-likeness (QED) is 0.387. The predicted molar refractivity (Wildman–Crippen MR) is 123 cm³/mol. The van der Waals surface area contributed by atoms with E-state index in [-0.39, 0.29) is 13.5 Å². The average Bonchev–Trinajstić information content (AvgIpc) is 3.07. The molecule has 150 valence electrons. The molecule has 4 rings (SSSR count). The Morgan fingerprint density at radius 2 is 1.96 bits per heavy atom. The molecule has 5 nitrogen and oxygen atoms in total. The van der Waals surface area contributed by atoms with Crippen molar-refractivity contribution in [1.82, 2.24) is 20.3 Å². The van der Waals surface area contributed by atoms with E-state index in [2.05, 4.69) is 25.2 Å². The average molecular weight is 479 g/mol. The van der Waals surface area contributed by atoms with Gasteiger partial charge in [-0.2, -0.15) is 18.5 Å². The van der Waals surface area contributed by atoms with Crippen LogP contribution in [0.1, 0.15) is 18.4 Å². The van der Waals surface area contributed by atoms with Gasteiger partial charge < -0.3 is 15.2 Å². The molecular weight excluding hydrogens is 460 g/mol. The molecule has 1 aliphatic rings. The molecule has 1 aromatic carbocycles. The van der Waals surface area contributed by atoms with Gasteiger partial charge >= 0.3 is 0 Å². The molecular formula is C18H19Cl4N5S. The molecule has 0 spiro atoms. The first-order valence-corrected chi connectivity index (χ1v) is 10.1. The molecule has 1 atom stereocenters. The van der Waals surface area contributed by atoms with Crippen molar-refractivity contribution in [1.29, 1.82) is 0 Å². The molecule has 0 bridgehead atoms. The lowest BCUT2D eigenvalue weighted by molar-refractivity contribution is 0.419. The standard InChI is InChI=1S/C18H17Cl4N5.H2S/c19-11-6-10(16(22)13(20)7-11)8-23-12-2-1-5-27(9-12)18-24-14-3-4-15(21)25-17(14)26-18;/h3-4,6-7,12,23H,1-2,5,8-9H2,(H,24,25,26);1H2/t12-;/m0./s1. The molecule has 0 aliphatic carbocycles. The summed E-state index contributed by atoms with van der Waals surface area (Å²) in [5.74, 6) is 0.815. The van der Waals surface area contributed by atoms with E-state index in [9.17, 15) is 0 Å². The number of piperidine rings is 1. The van der Waals surface area contributed by atoms with Gasteiger partial charge in [0.2, 0.25) is 5.95 Å². The topological polar surface area (TPSA) is 56.8 Å². The molecule has 0 saturated carbocycles. The Morgan fingerprint density at radius 3 is 2.79 bits per heavy atom. The molecule has 3 heterocycles. The van der Waals surface area contributed by atoms with Gasteiger partial charge in [0, 0.05) is 30.7 Å². The minimum absolute atomic E-state index is 0. The van der Waals surface area contributed by atoms with Gasteiger partial charge in [-0.1, -0.05) is 46.4 Å². The largest absolute Gasteiger partial charge is 0.341 e. The molecule has 0 amide bonds. The summed E-state index contributed by atoms with van der Waals surface area (Å²) in [6.45, 7) is 2.38. The van der Waals surface area contributed by atoms with Gasteiger partial charge in [-0.15, -0.1) is 0 Å². The lowest BCUT2D eigenvalue weighted by Gasteiger charge is -2.33. The van der Waals surface area contributed by atoms with E-state index in [1.54, 1.807) is 12.1 Å². The van der Waals surface area contributed by atoms with Gasteiger partial charge in [0.05, 0.1) is 15.6 Å². The predicted octanol–water partition coefficient (Wildman–Crippen LogP) is 5.44. The Balaban J connectivity index is 0.00000225. The SMILES string of the molecule is Clc1cc(Cl)c(Cl)c(CN[C@H]2CCCN(c3nc4nc(Cl)ccc4[nH]3)C2)c1.S. The first-order valence-electron chi connectivity index (χ1n) is 8.63. The summed E-state index contributed by atoms with van der Waals surface area (Å²) in [6.07, 6.45) is 2.14. The third-order valence-electron chi connectivity index (χ3n) is 4.67. The van der Waals surface area contributed by atoms with Crippen molar-refractivity contribution in [3.63, 3.8) is 0 Å². The second-order valence-corrected chi connectivity index (χ2v) is 8.20. The molecule has 1 fully saturated rings. The first-order chi connectivity index (χ1) is 13.0. The van der Waals surface area contributed by atoms with Gasteiger partial charge in [0.15, 0.2) is 5.65 Å². The maximum Gasteiger partial charge on any atom is 0.205 e. The molecule has 28 heavy (non-hydrogen) atoms. The first kappa shape index (κ1) is 21.8. The number of rotatable bonds is 4. The van der Waals surface area contributed by atoms with Gasteiger partial charge in [-0.25, -0.2) is 4.98 Å². The number of aromatic nitrogens is 3. The number of fused-ring (bicyclic) bond motifs is 1. The monoisotopic (exact) mass is 477 g/mol. The number of hydrogen-bond donors (Lipinski definition) is 2. The fourth-order valence-electron chi connectivity index (χ4n) is 3.33. The Bertz CT molecular complexity index is 980. The summed E-state index contributed by atoms with van der Waals surface area (Å²) in [6, 6.07) is 7.45. The van der Waals surface area contributed by atoms with Crippen molar-refractivity contribution in [3.05, 3.63) is 50.0 Å². The van der Waals surface area contributed by atoms with Gasteiger partial charge in [0.25, 0.3) is 0 Å². The molecule has 2 aromatic heterocycles. The zero-order valence-corrected chi connectivity index (χ0v) is 18.8. The van der Waals surface area contributed by atoms with E-state index < -0.39 is 0 Å². The number of imidazole rings is 1. The van der Waals surface area contributed by atoms with Crippen molar-refractivity contribution in [2.45, 2.75) is 25.4 Å². The number of halogens is 4. The molecule has 1 saturated heterocycles. The van der Waals surface area contributed by atoms with Gasteiger partial charge in [-0.3, -0.25) is 0 Å². The van der Waals surface area contributed by atoms with E-state index in [1.165, 1.54) is 0 Å². The minimum atomic E-state index is 0. The van der Waals surface area contributed by atoms with Crippen LogP contribution in [-0.4, -0.2) is 34.1 Å². The van der Waals surface area contributed by atoms with Gasteiger partial charge in [0.1, 0.15) is 5.15 Å². The second kappa shape index (κ2) is 9.28. The fourth-order valence-corrected chi connectivity index (χ4v) is 4.19. The van der Waals surface area contributed by atoms with Gasteiger partial charge in [-0.05, 0) is 42.7 Å². The summed E-state index contributed by atoms with van der Waals surface area (Å²) in [7, 11) is 0. The van der Waals surface area contributed by atoms with Crippen LogP contribution in [-0.2, 0) is 6.54 Å². The highest BCUT2D eigenvalue weighted by atomic mass is 35.5. The van der Waals surface area contributed by atoms with Crippen LogP contribution in [0.25, 0.3) is 11.2 Å². The summed E-state index contributed by atoms with van der Waals surface area (Å²) in [4.78, 5) is 14.4. The number of H-pyrrole nitrogens is 1. The maximum absolute atomic E-state index is 6.29. The Morgan fingerprint density at radius 1 is 1.14 bits per heavy atom. The van der Waals surface area contributed by atoms with Crippen LogP contribution in [0.15, 0.2) is 24.3 Å². The number of benzene rings is 1. The van der Waals surface area contributed by atoms with E-state index >= 15 is 0 Å². The van der Waals surface area contributed by atoms with Crippen molar-refractivity contribution >= 4 is 77.0 Å². The van der Waals surface area contributed by atoms with Crippen molar-refractivity contribution < 1.29 is 0 Å². The van der Waals surface area contributed by atoms with Crippen LogP contribution in [0.5, 0.6) is 0 Å². The zero-order chi connectivity index (χ0) is 19.0. The van der Waals surface area contributed by atoms with E-state index in [0.717, 1.165) is 43.0 Å². The molecule has 0 radical (unpaired) electrons. The smallest absolute Gasteiger partial charge is 0.205 e. The molecule has 10 heteroatoms. The highest BCUT2D eigenvalue weighted by Gasteiger charge is 2.22. The zero-order valence-electron chi connectivity index (χ0n) is 14.8. The summed E-state index contributed by atoms with van der Waals surface area (Å²) >= 11 is 24.4. The lowest BCUT2D eigenvalue weighted by atomic mass is 10.1. The lowest BCUT2D eigenvalue weighted by Crippen LogP contribution is -2.45. The molecule has 1 aliphatic heterocycles. The number of anilines is 1. The normalized spacial score (nSPS) is 17.0. The van der Waals surface area contributed by atoms with Crippen LogP contribution >= 0.6 is 59.9 Å². The minimum Gasteiger partial charge on any atom is -0.341 e. The van der Waals surface area contributed by atoms with Crippen molar-refractivity contribution in [2.75, 3.05) is 18.0 Å². The van der Waals surface area contributed by atoms with E-state index in [0.29, 0.717) is 38.5 Å². The third kappa shape index (κ3) is 4.81. The summed E-state index contributed by atoms with van der Waals surface area (Å²) in [5.41, 5.74) is 2.41. The van der Waals surface area contributed by atoms with Crippen LogP contribution in [0.3, 0.4) is 0 Å². The van der Waals surface area contributed by atoms with Crippen LogP contribution in [0.4, 0.5) is 5.95 Å². The summed E-state index contributed by atoms with van der Waals surface area (Å²) < 4.78 is 0. The number of nitrogens with one attached hydrogen (secondary N) is 2. The van der Waals surface area contributed by atoms with Crippen LogP contribution in [0, 0.1) is 0 Å². The number of pyridine rings is 1. The molecule has 2 N–H and O–H groups in total. The Hall–Kier alpha value is -0.890. The number of hydrogen-bond acceptors (Lipinski definition) is 4. The fraction of sp³-hybridized carbons (Fsp3) is 0.333. The summed E-state index contributed by atoms with van der Waals surface area (Å²) in [5, 5.41) is 5.59. The van der Waals surface area contributed by atoms with Crippen LogP contribution < -0.4 is 10.2 Å². The van der Waals surface area contributed by atoms with Crippen LogP contribution in [0.2, 0.25) is 20.2 Å². The highest BCUT2D eigenvalue weighted by molar-refractivity contribution is 7.59. The highest BCUT2D eigenvalue weighted by Crippen LogP contribution is 2.30. The maximum atomic E-state index is 6.29. The number of aromatic amines is 1. The Kier molecular flexibility index (Phi) is 7.23. The molecule has 3 aromatic rings. The second-order valence-electron chi connectivity index (χ2n) is 6.59. The number of nitrogens with zero attached hydrogens (tertiary/aromatic N) is 3. The van der Waals surface area contributed by atoms with Crippen molar-refractivity contribution in [3.8, 4) is 0 Å².